The van der Waals surface area contributed by atoms with Crippen LogP contribution >= 0.6 is 11.3 Å². The quantitative estimate of drug-likeness (QED) is 0.694. The summed E-state index contributed by atoms with van der Waals surface area (Å²) in [4.78, 5) is 25.3. The zero-order valence-electron chi connectivity index (χ0n) is 14.2. The topological polar surface area (TPSA) is 67.4 Å². The third-order valence-corrected chi connectivity index (χ3v) is 4.52. The van der Waals surface area contributed by atoms with Gasteiger partial charge >= 0.3 is 0 Å². The van der Waals surface area contributed by atoms with Crippen LogP contribution in [0.15, 0.2) is 66.0 Å². The Kier molecular flexibility index (Phi) is 5.66. The van der Waals surface area contributed by atoms with Gasteiger partial charge in [0.05, 0.1) is 0 Å². The van der Waals surface area contributed by atoms with Gasteiger partial charge in [0.15, 0.2) is 0 Å². The number of ether oxygens (including phenoxy) is 1. The molecule has 0 spiro atoms. The molecular weight excluding hydrogens is 348 g/mol. The van der Waals surface area contributed by atoms with E-state index in [2.05, 4.69) is 10.6 Å². The van der Waals surface area contributed by atoms with Crippen LogP contribution in [0.1, 0.15) is 25.6 Å². The number of carbonyl (C=O) groups is 2. The molecule has 0 aliphatic rings. The van der Waals surface area contributed by atoms with Crippen LogP contribution in [-0.4, -0.2) is 18.9 Å². The first-order chi connectivity index (χ1) is 12.7. The van der Waals surface area contributed by atoms with Crippen molar-refractivity contribution in [2.24, 2.45) is 0 Å². The molecule has 0 unspecified atom stereocenters. The van der Waals surface area contributed by atoms with Gasteiger partial charge in [0, 0.05) is 28.7 Å². The summed E-state index contributed by atoms with van der Waals surface area (Å²) in [6.07, 6.45) is 0. The van der Waals surface area contributed by atoms with Crippen LogP contribution in [0.25, 0.3) is 0 Å². The smallest absolute Gasteiger partial charge is 0.255 e. The van der Waals surface area contributed by atoms with Gasteiger partial charge in [0.25, 0.3) is 11.8 Å². The SMILES string of the molecule is CNC(=O)c1cccc(NC(=O)c2cccc(OCc3cccs3)c2)c1. The van der Waals surface area contributed by atoms with Crippen molar-refractivity contribution in [2.75, 3.05) is 12.4 Å². The average Bonchev–Trinajstić information content (AvgIpc) is 3.20. The second kappa shape index (κ2) is 8.31. The van der Waals surface area contributed by atoms with Gasteiger partial charge in [-0.05, 0) is 47.8 Å². The van der Waals surface area contributed by atoms with Crippen LogP contribution in [0.5, 0.6) is 5.75 Å². The minimum absolute atomic E-state index is 0.204. The van der Waals surface area contributed by atoms with Crippen molar-refractivity contribution in [3.63, 3.8) is 0 Å². The van der Waals surface area contributed by atoms with E-state index in [0.717, 1.165) is 4.88 Å². The van der Waals surface area contributed by atoms with Crippen LogP contribution in [0.4, 0.5) is 5.69 Å². The van der Waals surface area contributed by atoms with Crippen molar-refractivity contribution >= 4 is 28.8 Å². The number of hydrogen-bond acceptors (Lipinski definition) is 4. The van der Waals surface area contributed by atoms with Crippen LogP contribution in [0.2, 0.25) is 0 Å². The normalized spacial score (nSPS) is 10.2. The molecule has 6 heteroatoms. The lowest BCUT2D eigenvalue weighted by Gasteiger charge is -2.09. The fraction of sp³-hybridized carbons (Fsp3) is 0.100. The maximum atomic E-state index is 12.5. The van der Waals surface area contributed by atoms with Crippen molar-refractivity contribution in [3.8, 4) is 5.75 Å². The Bertz CT molecular complexity index is 907. The highest BCUT2D eigenvalue weighted by Gasteiger charge is 2.09. The summed E-state index contributed by atoms with van der Waals surface area (Å²) >= 11 is 1.62. The number of amides is 2. The third kappa shape index (κ3) is 4.49. The summed E-state index contributed by atoms with van der Waals surface area (Å²) < 4.78 is 5.73. The third-order valence-electron chi connectivity index (χ3n) is 3.67. The van der Waals surface area contributed by atoms with Gasteiger partial charge in [-0.15, -0.1) is 11.3 Å². The summed E-state index contributed by atoms with van der Waals surface area (Å²) in [7, 11) is 1.56. The number of thiophene rings is 1. The monoisotopic (exact) mass is 366 g/mol. The molecule has 0 radical (unpaired) electrons. The number of nitrogens with one attached hydrogen (secondary N) is 2. The molecule has 0 atom stereocenters. The van der Waals surface area contributed by atoms with E-state index < -0.39 is 0 Å². The van der Waals surface area contributed by atoms with E-state index in [1.165, 1.54) is 0 Å². The second-order valence-corrected chi connectivity index (χ2v) is 6.54. The van der Waals surface area contributed by atoms with Crippen molar-refractivity contribution in [2.45, 2.75) is 6.61 Å². The standard InChI is InChI=1S/C20H18N2O3S/c1-21-19(23)14-5-2-7-16(11-14)22-20(24)15-6-3-8-17(12-15)25-13-18-9-4-10-26-18/h2-12H,13H2,1H3,(H,21,23)(H,22,24). The lowest BCUT2D eigenvalue weighted by molar-refractivity contribution is 0.0961. The zero-order chi connectivity index (χ0) is 18.4. The first kappa shape index (κ1) is 17.7. The lowest BCUT2D eigenvalue weighted by Crippen LogP contribution is -2.18. The summed E-state index contributed by atoms with van der Waals surface area (Å²) in [5.41, 5.74) is 1.53. The first-order valence-electron chi connectivity index (χ1n) is 8.04. The van der Waals surface area contributed by atoms with Gasteiger partial charge in [-0.25, -0.2) is 0 Å². The summed E-state index contributed by atoms with van der Waals surface area (Å²) in [6.45, 7) is 0.469. The molecule has 0 saturated carbocycles. The van der Waals surface area contributed by atoms with Gasteiger partial charge < -0.3 is 15.4 Å². The van der Waals surface area contributed by atoms with Crippen LogP contribution in [0.3, 0.4) is 0 Å². The summed E-state index contributed by atoms with van der Waals surface area (Å²) in [5, 5.41) is 7.36. The van der Waals surface area contributed by atoms with Gasteiger partial charge in [-0.3, -0.25) is 9.59 Å². The number of rotatable bonds is 6. The van der Waals surface area contributed by atoms with Gasteiger partial charge in [0.2, 0.25) is 0 Å². The van der Waals surface area contributed by atoms with E-state index in [1.54, 1.807) is 60.8 Å². The first-order valence-corrected chi connectivity index (χ1v) is 8.92. The molecule has 0 fully saturated rings. The van der Waals surface area contributed by atoms with E-state index >= 15 is 0 Å². The van der Waals surface area contributed by atoms with E-state index in [9.17, 15) is 9.59 Å². The maximum Gasteiger partial charge on any atom is 0.255 e. The Balaban J connectivity index is 1.68. The Morgan fingerprint density at radius 1 is 0.962 bits per heavy atom. The largest absolute Gasteiger partial charge is 0.488 e. The van der Waals surface area contributed by atoms with E-state index in [4.69, 9.17) is 4.74 Å². The molecule has 0 saturated heterocycles. The van der Waals surface area contributed by atoms with E-state index in [0.29, 0.717) is 29.2 Å². The molecular formula is C20H18N2O3S. The van der Waals surface area contributed by atoms with Crippen molar-refractivity contribution < 1.29 is 14.3 Å². The molecule has 2 amide bonds. The Hall–Kier alpha value is -3.12. The average molecular weight is 366 g/mol. The summed E-state index contributed by atoms with van der Waals surface area (Å²) in [5.74, 6) is 0.163. The van der Waals surface area contributed by atoms with E-state index in [1.807, 2.05) is 23.6 Å². The Morgan fingerprint density at radius 3 is 2.46 bits per heavy atom. The van der Waals surface area contributed by atoms with Crippen LogP contribution in [0, 0.1) is 0 Å². The van der Waals surface area contributed by atoms with Gasteiger partial charge in [-0.1, -0.05) is 18.2 Å². The molecule has 2 N–H and O–H groups in total. The number of benzene rings is 2. The van der Waals surface area contributed by atoms with Gasteiger partial charge in [0.1, 0.15) is 12.4 Å². The molecule has 132 valence electrons. The maximum absolute atomic E-state index is 12.5. The molecule has 1 aromatic heterocycles. The highest BCUT2D eigenvalue weighted by Crippen LogP contribution is 2.18. The molecule has 1 heterocycles. The van der Waals surface area contributed by atoms with Crippen molar-refractivity contribution in [1.29, 1.82) is 0 Å². The zero-order valence-corrected chi connectivity index (χ0v) is 15.0. The fourth-order valence-electron chi connectivity index (χ4n) is 2.36. The molecule has 0 aliphatic heterocycles. The highest BCUT2D eigenvalue weighted by atomic mass is 32.1. The highest BCUT2D eigenvalue weighted by molar-refractivity contribution is 7.09. The summed E-state index contributed by atoms with van der Waals surface area (Å²) in [6, 6.07) is 17.8. The molecule has 3 aromatic rings. The number of carbonyl (C=O) groups excluding carboxylic acids is 2. The van der Waals surface area contributed by atoms with Crippen LogP contribution < -0.4 is 15.4 Å². The number of hydrogen-bond donors (Lipinski definition) is 2. The molecule has 3 rings (SSSR count). The predicted octanol–water partition coefficient (Wildman–Crippen LogP) is 3.94. The molecule has 0 aliphatic carbocycles. The second-order valence-electron chi connectivity index (χ2n) is 5.51. The van der Waals surface area contributed by atoms with E-state index in [-0.39, 0.29) is 11.8 Å². The molecule has 0 bridgehead atoms. The predicted molar refractivity (Wildman–Crippen MR) is 103 cm³/mol. The minimum atomic E-state index is -0.263. The number of anilines is 1. The molecule has 26 heavy (non-hydrogen) atoms. The molecule has 2 aromatic carbocycles. The molecule has 5 nitrogen and oxygen atoms in total. The minimum Gasteiger partial charge on any atom is -0.488 e. The Morgan fingerprint density at radius 2 is 1.73 bits per heavy atom. The van der Waals surface area contributed by atoms with Crippen LogP contribution in [-0.2, 0) is 6.61 Å². The van der Waals surface area contributed by atoms with Crippen molar-refractivity contribution in [1.82, 2.24) is 5.32 Å². The van der Waals surface area contributed by atoms with Gasteiger partial charge in [-0.2, -0.15) is 0 Å². The van der Waals surface area contributed by atoms with Crippen molar-refractivity contribution in [3.05, 3.63) is 82.0 Å². The fourth-order valence-corrected chi connectivity index (χ4v) is 2.98. The Labute approximate surface area is 155 Å². The lowest BCUT2D eigenvalue weighted by atomic mass is 10.1.